The van der Waals surface area contributed by atoms with Crippen LogP contribution < -0.4 is 15.4 Å². The molecular formula is C31H35N3O6. The van der Waals surface area contributed by atoms with E-state index in [0.717, 1.165) is 16.0 Å². The van der Waals surface area contributed by atoms with E-state index in [1.807, 2.05) is 56.3 Å². The molecule has 4 rings (SSSR count). The molecule has 40 heavy (non-hydrogen) atoms. The molecule has 0 aliphatic carbocycles. The number of urea groups is 1. The summed E-state index contributed by atoms with van der Waals surface area (Å²) >= 11 is 0. The largest absolute Gasteiger partial charge is 0.491 e. The number of rotatable bonds is 13. The van der Waals surface area contributed by atoms with Crippen molar-refractivity contribution in [1.29, 1.82) is 0 Å². The Kier molecular flexibility index (Phi) is 9.88. The van der Waals surface area contributed by atoms with Crippen LogP contribution in [0.15, 0.2) is 78.9 Å². The molecule has 2 unspecified atom stereocenters. The molecule has 1 aliphatic rings. The van der Waals surface area contributed by atoms with Gasteiger partial charge >= 0.3 is 6.03 Å². The number of nitrogens with one attached hydrogen (secondary N) is 2. The number of hydrogen-bond donors (Lipinski definition) is 2. The first-order valence-corrected chi connectivity index (χ1v) is 13.2. The lowest BCUT2D eigenvalue weighted by Crippen LogP contribution is -2.50. The Morgan fingerprint density at radius 1 is 0.925 bits per heavy atom. The SMILES string of the molecule is COCCOCCOc1ccc([C@H]2NC(=O)N(C(C(=O)Nc3ccc(C)cc3)C(C)c3ccccc3)C2=O)cc1. The fourth-order valence-corrected chi connectivity index (χ4v) is 4.56. The van der Waals surface area contributed by atoms with Crippen LogP contribution in [0.2, 0.25) is 0 Å². The van der Waals surface area contributed by atoms with Gasteiger partial charge in [0, 0.05) is 18.7 Å². The van der Waals surface area contributed by atoms with E-state index in [2.05, 4.69) is 10.6 Å². The summed E-state index contributed by atoms with van der Waals surface area (Å²) in [7, 11) is 1.61. The lowest BCUT2D eigenvalue weighted by atomic mass is 9.91. The summed E-state index contributed by atoms with van der Waals surface area (Å²) in [4.78, 5) is 41.6. The van der Waals surface area contributed by atoms with Crippen LogP contribution in [0.5, 0.6) is 5.75 Å². The number of carbonyl (C=O) groups excluding carboxylic acids is 3. The van der Waals surface area contributed by atoms with E-state index in [-0.39, 0.29) is 0 Å². The van der Waals surface area contributed by atoms with Crippen molar-refractivity contribution in [2.45, 2.75) is 31.8 Å². The molecule has 9 nitrogen and oxygen atoms in total. The molecule has 3 aromatic carbocycles. The minimum atomic E-state index is -1.07. The molecule has 1 fully saturated rings. The van der Waals surface area contributed by atoms with Gasteiger partial charge in [0.25, 0.3) is 5.91 Å². The van der Waals surface area contributed by atoms with Gasteiger partial charge in [0.1, 0.15) is 24.4 Å². The molecule has 1 aliphatic heterocycles. The maximum absolute atomic E-state index is 13.7. The molecule has 0 spiro atoms. The van der Waals surface area contributed by atoms with Gasteiger partial charge in [-0.2, -0.15) is 0 Å². The smallest absolute Gasteiger partial charge is 0.325 e. The third-order valence-corrected chi connectivity index (χ3v) is 6.78. The van der Waals surface area contributed by atoms with E-state index in [1.54, 1.807) is 43.5 Å². The quantitative estimate of drug-likeness (QED) is 0.243. The molecule has 2 N–H and O–H groups in total. The van der Waals surface area contributed by atoms with E-state index in [9.17, 15) is 14.4 Å². The van der Waals surface area contributed by atoms with E-state index < -0.39 is 35.8 Å². The zero-order chi connectivity index (χ0) is 28.5. The van der Waals surface area contributed by atoms with Crippen molar-refractivity contribution in [2.75, 3.05) is 38.9 Å². The van der Waals surface area contributed by atoms with E-state index in [0.29, 0.717) is 43.4 Å². The second-order valence-corrected chi connectivity index (χ2v) is 9.61. The van der Waals surface area contributed by atoms with Gasteiger partial charge in [0.05, 0.1) is 19.8 Å². The van der Waals surface area contributed by atoms with Gasteiger partial charge in [-0.05, 0) is 42.3 Å². The zero-order valence-corrected chi connectivity index (χ0v) is 23.0. The Bertz CT molecular complexity index is 1280. The second kappa shape index (κ2) is 13.7. The Labute approximate surface area is 234 Å². The normalized spacial score (nSPS) is 16.4. The molecule has 4 amide bonds. The van der Waals surface area contributed by atoms with Crippen LogP contribution in [0.25, 0.3) is 0 Å². The van der Waals surface area contributed by atoms with Crippen LogP contribution in [0.3, 0.4) is 0 Å². The first-order valence-electron chi connectivity index (χ1n) is 13.2. The lowest BCUT2D eigenvalue weighted by molar-refractivity contribution is -0.134. The molecule has 0 radical (unpaired) electrons. The maximum atomic E-state index is 13.7. The molecule has 1 saturated heterocycles. The molecular weight excluding hydrogens is 510 g/mol. The van der Waals surface area contributed by atoms with Crippen molar-refractivity contribution in [3.05, 3.63) is 95.6 Å². The van der Waals surface area contributed by atoms with Gasteiger partial charge in [-0.1, -0.05) is 67.1 Å². The number of anilines is 1. The molecule has 0 saturated carbocycles. The Morgan fingerprint density at radius 3 is 2.27 bits per heavy atom. The third-order valence-electron chi connectivity index (χ3n) is 6.78. The standard InChI is InChI=1S/C31H35N3O6/c1-21-9-13-25(14-10-21)32-29(35)28(22(2)23-7-5-4-6-8-23)34-30(36)27(33-31(34)37)24-11-15-26(16-12-24)40-20-19-39-18-17-38-3/h4-16,22,27-28H,17-20H2,1-3H3,(H,32,35)(H,33,37)/t22?,27-,28?/m1/s1. The summed E-state index contributed by atoms with van der Waals surface area (Å²) in [6.45, 7) is 5.59. The zero-order valence-electron chi connectivity index (χ0n) is 23.0. The highest BCUT2D eigenvalue weighted by Gasteiger charge is 2.47. The average Bonchev–Trinajstić information content (AvgIpc) is 3.26. The molecule has 3 atom stereocenters. The van der Waals surface area contributed by atoms with E-state index in [4.69, 9.17) is 14.2 Å². The highest BCUT2D eigenvalue weighted by atomic mass is 16.5. The molecule has 0 aromatic heterocycles. The van der Waals surface area contributed by atoms with Crippen molar-refractivity contribution in [1.82, 2.24) is 10.2 Å². The average molecular weight is 546 g/mol. The number of methoxy groups -OCH3 is 1. The van der Waals surface area contributed by atoms with Gasteiger partial charge in [0.15, 0.2) is 0 Å². The van der Waals surface area contributed by atoms with Gasteiger partial charge in [0.2, 0.25) is 5.91 Å². The predicted octanol–water partition coefficient (Wildman–Crippen LogP) is 4.44. The van der Waals surface area contributed by atoms with Crippen molar-refractivity contribution in [3.63, 3.8) is 0 Å². The summed E-state index contributed by atoms with van der Waals surface area (Å²) in [6.07, 6.45) is 0. The predicted molar refractivity (Wildman–Crippen MR) is 151 cm³/mol. The maximum Gasteiger partial charge on any atom is 0.325 e. The van der Waals surface area contributed by atoms with Crippen molar-refractivity contribution >= 4 is 23.5 Å². The minimum Gasteiger partial charge on any atom is -0.491 e. The van der Waals surface area contributed by atoms with Crippen LogP contribution >= 0.6 is 0 Å². The first kappa shape index (κ1) is 28.8. The van der Waals surface area contributed by atoms with Crippen LogP contribution in [0.4, 0.5) is 10.5 Å². The summed E-state index contributed by atoms with van der Waals surface area (Å²) in [5.74, 6) is -0.777. The first-order chi connectivity index (χ1) is 19.4. The number of nitrogens with zero attached hydrogens (tertiary/aromatic N) is 1. The van der Waals surface area contributed by atoms with Crippen molar-refractivity contribution in [3.8, 4) is 5.75 Å². The summed E-state index contributed by atoms with van der Waals surface area (Å²) in [5.41, 5.74) is 3.07. The summed E-state index contributed by atoms with van der Waals surface area (Å²) in [6, 6.07) is 21.1. The molecule has 1 heterocycles. The van der Waals surface area contributed by atoms with Crippen molar-refractivity contribution in [2.24, 2.45) is 0 Å². The summed E-state index contributed by atoms with van der Waals surface area (Å²) in [5, 5.41) is 5.65. The number of carbonyl (C=O) groups is 3. The number of hydrogen-bond acceptors (Lipinski definition) is 6. The van der Waals surface area contributed by atoms with Gasteiger partial charge in [-0.25, -0.2) is 9.69 Å². The monoisotopic (exact) mass is 545 g/mol. The second-order valence-electron chi connectivity index (χ2n) is 9.61. The third kappa shape index (κ3) is 7.05. The fraction of sp³-hybridized carbons (Fsp3) is 0.323. The van der Waals surface area contributed by atoms with E-state index in [1.165, 1.54) is 0 Å². The molecule has 9 heteroatoms. The van der Waals surface area contributed by atoms with Crippen molar-refractivity contribution < 1.29 is 28.6 Å². The Morgan fingerprint density at radius 2 is 1.60 bits per heavy atom. The van der Waals surface area contributed by atoms with Gasteiger partial charge in [-0.3, -0.25) is 9.59 Å². The number of imide groups is 1. The van der Waals surface area contributed by atoms with Crippen LogP contribution in [-0.4, -0.2) is 62.3 Å². The highest BCUT2D eigenvalue weighted by molar-refractivity contribution is 6.09. The highest BCUT2D eigenvalue weighted by Crippen LogP contribution is 2.31. The van der Waals surface area contributed by atoms with Crippen LogP contribution in [0.1, 0.15) is 35.6 Å². The van der Waals surface area contributed by atoms with E-state index >= 15 is 0 Å². The Hall–Kier alpha value is -4.21. The molecule has 210 valence electrons. The van der Waals surface area contributed by atoms with Gasteiger partial charge in [-0.15, -0.1) is 0 Å². The molecule has 0 bridgehead atoms. The number of aryl methyl sites for hydroxylation is 1. The minimum absolute atomic E-state index is 0.366. The van der Waals surface area contributed by atoms with Crippen LogP contribution in [-0.2, 0) is 19.1 Å². The Balaban J connectivity index is 1.50. The van der Waals surface area contributed by atoms with Crippen LogP contribution in [0, 0.1) is 6.92 Å². The number of amides is 4. The molecule has 3 aromatic rings. The topological polar surface area (TPSA) is 106 Å². The number of ether oxygens (including phenoxy) is 3. The summed E-state index contributed by atoms with van der Waals surface area (Å²) < 4.78 is 16.0. The van der Waals surface area contributed by atoms with Gasteiger partial charge < -0.3 is 24.8 Å². The lowest BCUT2D eigenvalue weighted by Gasteiger charge is -2.30. The fourth-order valence-electron chi connectivity index (χ4n) is 4.56. The number of benzene rings is 3.